The Morgan fingerprint density at radius 3 is 2.50 bits per heavy atom. The molecule has 0 saturated heterocycles. The van der Waals surface area contributed by atoms with Gasteiger partial charge in [-0.2, -0.15) is 0 Å². The van der Waals surface area contributed by atoms with Gasteiger partial charge >= 0.3 is 5.97 Å². The van der Waals surface area contributed by atoms with Gasteiger partial charge in [-0.25, -0.2) is 0 Å². The average Bonchev–Trinajstić information content (AvgIpc) is 2.39. The van der Waals surface area contributed by atoms with E-state index in [1.165, 1.54) is 16.0 Å². The van der Waals surface area contributed by atoms with Crippen LogP contribution in [0.15, 0.2) is 23.1 Å². The van der Waals surface area contributed by atoms with Crippen LogP contribution in [0.25, 0.3) is 0 Å². The number of thioether (sulfide) groups is 1. The molecule has 0 aliphatic carbocycles. The Labute approximate surface area is 124 Å². The molecule has 0 bridgehead atoms. The lowest BCUT2D eigenvalue weighted by Crippen LogP contribution is -2.29. The van der Waals surface area contributed by atoms with Crippen molar-refractivity contribution in [2.45, 2.75) is 31.6 Å². The van der Waals surface area contributed by atoms with Crippen molar-refractivity contribution in [2.75, 3.05) is 19.3 Å². The zero-order valence-corrected chi connectivity index (χ0v) is 13.0. The summed E-state index contributed by atoms with van der Waals surface area (Å²) >= 11 is 1.65. The molecule has 5 heteroatoms. The number of nitrogens with zero attached hydrogens (tertiary/aromatic N) is 1. The Hall–Kier alpha value is -1.49. The Morgan fingerprint density at radius 1 is 1.20 bits per heavy atom. The third-order valence-corrected chi connectivity index (χ3v) is 4.15. The van der Waals surface area contributed by atoms with E-state index in [0.717, 1.165) is 4.90 Å². The number of carbonyl (C=O) groups is 2. The van der Waals surface area contributed by atoms with Gasteiger partial charge in [0.2, 0.25) is 5.91 Å². The largest absolute Gasteiger partial charge is 0.481 e. The number of aliphatic carboxylic acids is 1. The molecule has 0 unspecified atom stereocenters. The second-order valence-corrected chi connectivity index (χ2v) is 5.97. The van der Waals surface area contributed by atoms with Crippen LogP contribution in [0.2, 0.25) is 0 Å². The molecule has 110 valence electrons. The molecule has 0 spiro atoms. The number of rotatable bonds is 7. The minimum absolute atomic E-state index is 0.00740. The fourth-order valence-electron chi connectivity index (χ4n) is 1.64. The van der Waals surface area contributed by atoms with Gasteiger partial charge in [0, 0.05) is 30.7 Å². The zero-order chi connectivity index (χ0) is 15.1. The first-order valence-corrected chi connectivity index (χ1v) is 7.54. The van der Waals surface area contributed by atoms with Crippen LogP contribution in [-0.4, -0.2) is 41.2 Å². The van der Waals surface area contributed by atoms with Gasteiger partial charge in [-0.3, -0.25) is 9.59 Å². The summed E-state index contributed by atoms with van der Waals surface area (Å²) in [4.78, 5) is 24.9. The Kier molecular flexibility index (Phi) is 6.58. The number of hydrogen-bond donors (Lipinski definition) is 1. The second kappa shape index (κ2) is 7.94. The van der Waals surface area contributed by atoms with Gasteiger partial charge in [0.15, 0.2) is 0 Å². The molecule has 1 amide bonds. The summed E-state index contributed by atoms with van der Waals surface area (Å²) in [5.74, 6) is -0.185. The summed E-state index contributed by atoms with van der Waals surface area (Å²) in [5, 5.41) is 8.58. The highest BCUT2D eigenvalue weighted by molar-refractivity contribution is 7.99. The molecule has 20 heavy (non-hydrogen) atoms. The van der Waals surface area contributed by atoms with E-state index in [-0.39, 0.29) is 18.9 Å². The average molecular weight is 295 g/mol. The Bertz CT molecular complexity index is 488. The number of hydrogen-bond acceptors (Lipinski definition) is 3. The molecule has 1 N–H and O–H groups in total. The lowest BCUT2D eigenvalue weighted by atomic mass is 10.1. The quantitative estimate of drug-likeness (QED) is 0.786. The van der Waals surface area contributed by atoms with E-state index in [4.69, 9.17) is 5.11 Å². The predicted octanol–water partition coefficient (Wildman–Crippen LogP) is 2.72. The van der Waals surface area contributed by atoms with E-state index in [0.29, 0.717) is 12.2 Å². The van der Waals surface area contributed by atoms with Gasteiger partial charge in [-0.05, 0) is 37.1 Å². The van der Waals surface area contributed by atoms with Gasteiger partial charge in [0.1, 0.15) is 0 Å². The smallest absolute Gasteiger partial charge is 0.305 e. The first-order valence-electron chi connectivity index (χ1n) is 6.56. The van der Waals surface area contributed by atoms with E-state index >= 15 is 0 Å². The molecular weight excluding hydrogens is 274 g/mol. The van der Waals surface area contributed by atoms with Crippen molar-refractivity contribution in [1.82, 2.24) is 4.90 Å². The van der Waals surface area contributed by atoms with Gasteiger partial charge < -0.3 is 10.0 Å². The summed E-state index contributed by atoms with van der Waals surface area (Å²) in [7, 11) is 1.64. The van der Waals surface area contributed by atoms with Gasteiger partial charge in [-0.15, -0.1) is 11.8 Å². The molecule has 0 aromatic heterocycles. The SMILES string of the molecule is Cc1ccc(SCCC(=O)N(C)CCC(=O)O)cc1C. The molecule has 4 nitrogen and oxygen atoms in total. The summed E-state index contributed by atoms with van der Waals surface area (Å²) < 4.78 is 0. The maximum atomic E-state index is 11.8. The first kappa shape index (κ1) is 16.6. The van der Waals surface area contributed by atoms with Crippen molar-refractivity contribution < 1.29 is 14.7 Å². The molecule has 1 rings (SSSR count). The van der Waals surface area contributed by atoms with Crippen molar-refractivity contribution >= 4 is 23.6 Å². The highest BCUT2D eigenvalue weighted by atomic mass is 32.2. The maximum Gasteiger partial charge on any atom is 0.305 e. The highest BCUT2D eigenvalue weighted by Gasteiger charge is 2.10. The fraction of sp³-hybridized carbons (Fsp3) is 0.467. The summed E-state index contributed by atoms with van der Waals surface area (Å²) in [5.41, 5.74) is 2.51. The maximum absolute atomic E-state index is 11.8. The molecular formula is C15H21NO3S. The third-order valence-electron chi connectivity index (χ3n) is 3.15. The van der Waals surface area contributed by atoms with Crippen molar-refractivity contribution in [3.63, 3.8) is 0 Å². The van der Waals surface area contributed by atoms with E-state index in [1.54, 1.807) is 18.8 Å². The van der Waals surface area contributed by atoms with Crippen molar-refractivity contribution in [2.24, 2.45) is 0 Å². The number of amides is 1. The molecule has 0 saturated carbocycles. The minimum Gasteiger partial charge on any atom is -0.481 e. The van der Waals surface area contributed by atoms with Crippen LogP contribution >= 0.6 is 11.8 Å². The predicted molar refractivity (Wildman–Crippen MR) is 81.1 cm³/mol. The molecule has 0 radical (unpaired) electrons. The number of aryl methyl sites for hydroxylation is 2. The highest BCUT2D eigenvalue weighted by Crippen LogP contribution is 2.21. The van der Waals surface area contributed by atoms with Crippen LogP contribution in [-0.2, 0) is 9.59 Å². The number of carboxylic acids is 1. The van der Waals surface area contributed by atoms with E-state index < -0.39 is 5.97 Å². The van der Waals surface area contributed by atoms with Crippen molar-refractivity contribution in [3.8, 4) is 0 Å². The van der Waals surface area contributed by atoms with E-state index in [1.807, 2.05) is 0 Å². The topological polar surface area (TPSA) is 57.6 Å². The van der Waals surface area contributed by atoms with Crippen LogP contribution in [0.5, 0.6) is 0 Å². The molecule has 1 aromatic rings. The second-order valence-electron chi connectivity index (χ2n) is 4.80. The van der Waals surface area contributed by atoms with Gasteiger partial charge in [-0.1, -0.05) is 6.07 Å². The number of carboxylic acid groups (broad SMARTS) is 1. The Balaban J connectivity index is 2.34. The lowest BCUT2D eigenvalue weighted by Gasteiger charge is -2.15. The zero-order valence-electron chi connectivity index (χ0n) is 12.2. The Morgan fingerprint density at radius 2 is 1.90 bits per heavy atom. The third kappa shape index (κ3) is 5.65. The molecule has 1 aromatic carbocycles. The first-order chi connectivity index (χ1) is 9.40. The standard InChI is InChI=1S/C15H21NO3S/c1-11-4-5-13(10-12(11)2)20-9-7-14(17)16(3)8-6-15(18)19/h4-5,10H,6-9H2,1-3H3,(H,18,19). The van der Waals surface area contributed by atoms with Crippen LogP contribution in [0, 0.1) is 13.8 Å². The van der Waals surface area contributed by atoms with Crippen LogP contribution in [0.1, 0.15) is 24.0 Å². The molecule has 0 aliphatic heterocycles. The van der Waals surface area contributed by atoms with Gasteiger partial charge in [0.05, 0.1) is 6.42 Å². The summed E-state index contributed by atoms with van der Waals surface area (Å²) in [6, 6.07) is 6.27. The van der Waals surface area contributed by atoms with Gasteiger partial charge in [0.25, 0.3) is 0 Å². The number of benzene rings is 1. The summed E-state index contributed by atoms with van der Waals surface area (Å²) in [6.07, 6.45) is 0.417. The van der Waals surface area contributed by atoms with Crippen LogP contribution in [0.3, 0.4) is 0 Å². The summed E-state index contributed by atoms with van der Waals surface area (Å²) in [6.45, 7) is 4.41. The van der Waals surface area contributed by atoms with Crippen LogP contribution in [0.4, 0.5) is 0 Å². The van der Waals surface area contributed by atoms with Crippen molar-refractivity contribution in [3.05, 3.63) is 29.3 Å². The fourth-order valence-corrected chi connectivity index (χ4v) is 2.58. The molecule has 0 heterocycles. The molecule has 0 aliphatic rings. The normalized spacial score (nSPS) is 10.3. The van der Waals surface area contributed by atoms with E-state index in [9.17, 15) is 9.59 Å². The lowest BCUT2D eigenvalue weighted by molar-refractivity contribution is -0.138. The molecule has 0 fully saturated rings. The number of carbonyl (C=O) groups excluding carboxylic acids is 1. The molecule has 0 atom stereocenters. The monoisotopic (exact) mass is 295 g/mol. The minimum atomic E-state index is -0.880. The van der Waals surface area contributed by atoms with Crippen molar-refractivity contribution in [1.29, 1.82) is 0 Å². The van der Waals surface area contributed by atoms with E-state index in [2.05, 4.69) is 32.0 Å². The van der Waals surface area contributed by atoms with Crippen LogP contribution < -0.4 is 0 Å².